The van der Waals surface area contributed by atoms with Crippen molar-refractivity contribution in [2.45, 2.75) is 19.9 Å². The lowest BCUT2D eigenvalue weighted by Gasteiger charge is -2.08. The Hall–Kier alpha value is -1.68. The Morgan fingerprint density at radius 1 is 1.33 bits per heavy atom. The van der Waals surface area contributed by atoms with Crippen molar-refractivity contribution in [3.8, 4) is 0 Å². The van der Waals surface area contributed by atoms with Crippen LogP contribution >= 0.6 is 0 Å². The Bertz CT molecular complexity index is 412. The first-order chi connectivity index (χ1) is 6.93. The fourth-order valence-electron chi connectivity index (χ4n) is 1.28. The van der Waals surface area contributed by atoms with Crippen molar-refractivity contribution in [3.63, 3.8) is 0 Å². The lowest BCUT2D eigenvalue weighted by Crippen LogP contribution is -2.38. The van der Waals surface area contributed by atoms with Crippen LogP contribution in [-0.4, -0.2) is 22.9 Å². The summed E-state index contributed by atoms with van der Waals surface area (Å²) in [7, 11) is 0. The largest absolute Gasteiger partial charge is 0.480 e. The standard InChI is InChI=1S/C11H13NO3/c1-6-3-4-7(2)8(5-6)10(13)9(12)11(14)15/h3-5,9H,12H2,1-2H3,(H,14,15). The van der Waals surface area contributed by atoms with Crippen molar-refractivity contribution in [3.05, 3.63) is 34.9 Å². The van der Waals surface area contributed by atoms with E-state index in [1.807, 2.05) is 13.0 Å². The number of hydrogen-bond donors (Lipinski definition) is 2. The molecule has 0 aliphatic heterocycles. The highest BCUT2D eigenvalue weighted by Gasteiger charge is 2.23. The van der Waals surface area contributed by atoms with Crippen LogP contribution < -0.4 is 5.73 Å². The Morgan fingerprint density at radius 3 is 2.47 bits per heavy atom. The van der Waals surface area contributed by atoms with E-state index in [2.05, 4.69) is 0 Å². The summed E-state index contributed by atoms with van der Waals surface area (Å²) in [4.78, 5) is 22.2. The number of benzene rings is 1. The highest BCUT2D eigenvalue weighted by Crippen LogP contribution is 2.12. The molecule has 0 amide bonds. The Balaban J connectivity index is 3.11. The minimum absolute atomic E-state index is 0.380. The van der Waals surface area contributed by atoms with E-state index < -0.39 is 17.8 Å². The first-order valence-corrected chi connectivity index (χ1v) is 4.53. The van der Waals surface area contributed by atoms with Gasteiger partial charge in [0.25, 0.3) is 0 Å². The Morgan fingerprint density at radius 2 is 1.93 bits per heavy atom. The van der Waals surface area contributed by atoms with Crippen molar-refractivity contribution in [2.24, 2.45) is 5.73 Å². The lowest BCUT2D eigenvalue weighted by atomic mass is 9.98. The van der Waals surface area contributed by atoms with Crippen LogP contribution in [0.15, 0.2) is 18.2 Å². The summed E-state index contributed by atoms with van der Waals surface area (Å²) < 4.78 is 0. The zero-order valence-corrected chi connectivity index (χ0v) is 8.65. The van der Waals surface area contributed by atoms with Crippen LogP contribution in [0, 0.1) is 13.8 Å². The number of Topliss-reactive ketones (excluding diaryl/α,β-unsaturated/α-hetero) is 1. The molecule has 0 spiro atoms. The number of hydrogen-bond acceptors (Lipinski definition) is 3. The molecule has 4 nitrogen and oxygen atoms in total. The molecule has 1 aromatic carbocycles. The van der Waals surface area contributed by atoms with Gasteiger partial charge >= 0.3 is 5.97 Å². The highest BCUT2D eigenvalue weighted by molar-refractivity contribution is 6.12. The monoisotopic (exact) mass is 207 g/mol. The summed E-state index contributed by atoms with van der Waals surface area (Å²) in [6.07, 6.45) is 0. The molecular formula is C11H13NO3. The van der Waals surface area contributed by atoms with E-state index in [-0.39, 0.29) is 0 Å². The number of carbonyl (C=O) groups is 2. The fourth-order valence-corrected chi connectivity index (χ4v) is 1.28. The molecule has 4 heteroatoms. The molecule has 80 valence electrons. The van der Waals surface area contributed by atoms with Crippen molar-refractivity contribution in [1.29, 1.82) is 0 Å². The molecule has 0 aliphatic carbocycles. The highest BCUT2D eigenvalue weighted by atomic mass is 16.4. The minimum Gasteiger partial charge on any atom is -0.480 e. The number of carboxylic acid groups (broad SMARTS) is 1. The summed E-state index contributed by atoms with van der Waals surface area (Å²) in [6, 6.07) is 3.81. The van der Waals surface area contributed by atoms with E-state index in [4.69, 9.17) is 10.8 Å². The van der Waals surface area contributed by atoms with Crippen LogP contribution in [-0.2, 0) is 4.79 Å². The second kappa shape index (κ2) is 4.23. The maximum Gasteiger partial charge on any atom is 0.328 e. The third kappa shape index (κ3) is 2.41. The van der Waals surface area contributed by atoms with Gasteiger partial charge in [-0.05, 0) is 25.5 Å². The molecule has 0 bridgehead atoms. The number of carbonyl (C=O) groups excluding carboxylic acids is 1. The SMILES string of the molecule is Cc1ccc(C)c(C(=O)C(N)C(=O)O)c1. The molecule has 0 saturated heterocycles. The van der Waals surface area contributed by atoms with Crippen LogP contribution in [0.3, 0.4) is 0 Å². The van der Waals surface area contributed by atoms with E-state index >= 15 is 0 Å². The van der Waals surface area contributed by atoms with E-state index in [0.29, 0.717) is 5.56 Å². The lowest BCUT2D eigenvalue weighted by molar-refractivity contribution is -0.137. The van der Waals surface area contributed by atoms with Gasteiger partial charge < -0.3 is 10.8 Å². The molecule has 0 saturated carbocycles. The number of carboxylic acids is 1. The molecule has 1 unspecified atom stereocenters. The molecule has 1 rings (SSSR count). The van der Waals surface area contributed by atoms with Gasteiger partial charge in [-0.1, -0.05) is 17.7 Å². The number of ketones is 1. The van der Waals surface area contributed by atoms with Gasteiger partial charge in [-0.2, -0.15) is 0 Å². The van der Waals surface area contributed by atoms with Crippen LogP contribution in [0.25, 0.3) is 0 Å². The predicted octanol–water partition coefficient (Wildman–Crippen LogP) is 0.898. The molecule has 3 N–H and O–H groups in total. The molecule has 0 radical (unpaired) electrons. The molecule has 0 aliphatic rings. The van der Waals surface area contributed by atoms with E-state index in [0.717, 1.165) is 11.1 Å². The van der Waals surface area contributed by atoms with Crippen LogP contribution in [0.1, 0.15) is 21.5 Å². The summed E-state index contributed by atoms with van der Waals surface area (Å²) >= 11 is 0. The third-order valence-corrected chi connectivity index (χ3v) is 2.21. The first-order valence-electron chi connectivity index (χ1n) is 4.53. The van der Waals surface area contributed by atoms with Gasteiger partial charge in [0.1, 0.15) is 0 Å². The number of nitrogens with two attached hydrogens (primary N) is 1. The summed E-state index contributed by atoms with van der Waals surface area (Å²) in [5, 5.41) is 8.63. The summed E-state index contributed by atoms with van der Waals surface area (Å²) in [5.41, 5.74) is 7.28. The van der Waals surface area contributed by atoms with Crippen molar-refractivity contribution in [1.82, 2.24) is 0 Å². The molecular weight excluding hydrogens is 194 g/mol. The smallest absolute Gasteiger partial charge is 0.328 e. The summed E-state index contributed by atoms with van der Waals surface area (Å²) in [5.74, 6) is -1.86. The second-order valence-corrected chi connectivity index (χ2v) is 3.50. The van der Waals surface area contributed by atoms with E-state index in [9.17, 15) is 9.59 Å². The van der Waals surface area contributed by atoms with Crippen molar-refractivity contribution >= 4 is 11.8 Å². The van der Waals surface area contributed by atoms with Gasteiger partial charge in [0.05, 0.1) is 0 Å². The van der Waals surface area contributed by atoms with Crippen molar-refractivity contribution < 1.29 is 14.7 Å². The Labute approximate surface area is 87.7 Å². The number of aliphatic carboxylic acids is 1. The van der Waals surface area contributed by atoms with Gasteiger partial charge in [0.2, 0.25) is 0 Å². The molecule has 1 aromatic rings. The first kappa shape index (κ1) is 11.4. The van der Waals surface area contributed by atoms with Crippen LogP contribution in [0.5, 0.6) is 0 Å². The second-order valence-electron chi connectivity index (χ2n) is 3.50. The average Bonchev–Trinajstić information content (AvgIpc) is 2.19. The molecule has 0 aromatic heterocycles. The number of aryl methyl sites for hydroxylation is 2. The molecule has 15 heavy (non-hydrogen) atoms. The van der Waals surface area contributed by atoms with Gasteiger partial charge in [0, 0.05) is 5.56 Å². The van der Waals surface area contributed by atoms with E-state index in [1.165, 1.54) is 0 Å². The maximum atomic E-state index is 11.7. The van der Waals surface area contributed by atoms with Crippen molar-refractivity contribution in [2.75, 3.05) is 0 Å². The molecule has 0 heterocycles. The van der Waals surface area contributed by atoms with Gasteiger partial charge in [-0.3, -0.25) is 9.59 Å². The quantitative estimate of drug-likeness (QED) is 0.570. The zero-order valence-electron chi connectivity index (χ0n) is 8.65. The minimum atomic E-state index is -1.48. The fraction of sp³-hybridized carbons (Fsp3) is 0.273. The average molecular weight is 207 g/mol. The van der Waals surface area contributed by atoms with Gasteiger partial charge in [0.15, 0.2) is 11.8 Å². The Kier molecular flexibility index (Phi) is 3.21. The summed E-state index contributed by atoms with van der Waals surface area (Å²) in [6.45, 7) is 3.59. The third-order valence-electron chi connectivity index (χ3n) is 2.21. The van der Waals surface area contributed by atoms with Gasteiger partial charge in [-0.15, -0.1) is 0 Å². The predicted molar refractivity (Wildman–Crippen MR) is 55.9 cm³/mol. The van der Waals surface area contributed by atoms with Crippen LogP contribution in [0.2, 0.25) is 0 Å². The molecule has 1 atom stereocenters. The van der Waals surface area contributed by atoms with Crippen LogP contribution in [0.4, 0.5) is 0 Å². The normalized spacial score (nSPS) is 12.2. The zero-order chi connectivity index (χ0) is 11.6. The topological polar surface area (TPSA) is 80.4 Å². The van der Waals surface area contributed by atoms with E-state index in [1.54, 1.807) is 19.1 Å². The van der Waals surface area contributed by atoms with Gasteiger partial charge in [-0.25, -0.2) is 0 Å². The number of rotatable bonds is 3. The molecule has 0 fully saturated rings. The maximum absolute atomic E-state index is 11.7.